The van der Waals surface area contributed by atoms with Crippen LogP contribution in [-0.4, -0.2) is 30.1 Å². The van der Waals surface area contributed by atoms with E-state index in [2.05, 4.69) is 34.5 Å². The van der Waals surface area contributed by atoms with Gasteiger partial charge in [0.05, 0.1) is 5.01 Å². The number of hydrogen-bond acceptors (Lipinski definition) is 3. The molecule has 0 saturated heterocycles. The van der Waals surface area contributed by atoms with Gasteiger partial charge in [-0.2, -0.15) is 0 Å². The van der Waals surface area contributed by atoms with Gasteiger partial charge in [0, 0.05) is 36.6 Å². The van der Waals surface area contributed by atoms with Crippen molar-refractivity contribution in [2.75, 3.05) is 13.1 Å². The Kier molecular flexibility index (Phi) is 9.23. The third kappa shape index (κ3) is 6.50. The molecule has 0 unspecified atom stereocenters. The van der Waals surface area contributed by atoms with Crippen LogP contribution in [0.25, 0.3) is 0 Å². The van der Waals surface area contributed by atoms with E-state index in [1.807, 2.05) is 17.5 Å². The number of hydrogen-bond donors (Lipinski definition) is 2. The molecule has 6 heteroatoms. The molecule has 0 atom stereocenters. The molecule has 2 rings (SSSR count). The summed E-state index contributed by atoms with van der Waals surface area (Å²) in [6, 6.07) is 0.611. The Bertz CT molecular complexity index is 427. The first-order valence-corrected chi connectivity index (χ1v) is 8.62. The van der Waals surface area contributed by atoms with E-state index in [9.17, 15) is 0 Å². The van der Waals surface area contributed by atoms with Crippen LogP contribution in [0.4, 0.5) is 0 Å². The lowest BCUT2D eigenvalue weighted by Gasteiger charge is -2.16. The van der Waals surface area contributed by atoms with Crippen LogP contribution < -0.4 is 10.6 Å². The Morgan fingerprint density at radius 2 is 2.14 bits per heavy atom. The van der Waals surface area contributed by atoms with Gasteiger partial charge >= 0.3 is 0 Å². The summed E-state index contributed by atoms with van der Waals surface area (Å²) < 4.78 is 0. The zero-order chi connectivity index (χ0) is 14.2. The minimum Gasteiger partial charge on any atom is -0.357 e. The predicted molar refractivity (Wildman–Crippen MR) is 102 cm³/mol. The first-order chi connectivity index (χ1) is 9.81. The number of aliphatic imine (C=N–C) groups is 1. The quantitative estimate of drug-likeness (QED) is 0.420. The number of thiazole rings is 1. The van der Waals surface area contributed by atoms with Crippen molar-refractivity contribution >= 4 is 41.3 Å². The molecule has 1 fully saturated rings. The van der Waals surface area contributed by atoms with Crippen LogP contribution in [0.2, 0.25) is 0 Å². The fourth-order valence-corrected chi connectivity index (χ4v) is 3.33. The van der Waals surface area contributed by atoms with Crippen LogP contribution in [0.1, 0.15) is 49.4 Å². The minimum absolute atomic E-state index is 0. The normalized spacial score (nSPS) is 15.8. The lowest BCUT2D eigenvalue weighted by atomic mass is 10.2. The molecule has 0 aromatic carbocycles. The van der Waals surface area contributed by atoms with Crippen molar-refractivity contribution < 1.29 is 0 Å². The highest BCUT2D eigenvalue weighted by Gasteiger charge is 2.15. The third-order valence-corrected chi connectivity index (χ3v) is 4.79. The van der Waals surface area contributed by atoms with Crippen molar-refractivity contribution in [2.24, 2.45) is 4.99 Å². The number of rotatable bonds is 6. The maximum atomic E-state index is 4.67. The molecule has 1 saturated carbocycles. The second kappa shape index (κ2) is 10.4. The number of guanidine groups is 1. The van der Waals surface area contributed by atoms with Crippen molar-refractivity contribution in [1.82, 2.24) is 15.6 Å². The molecule has 0 bridgehead atoms. The Labute approximate surface area is 149 Å². The number of aryl methyl sites for hydroxylation is 1. The molecular formula is C15H27IN4S. The standard InChI is InChI=1S/C15H26N4S.HI/c1-3-13-11-18-14(20-13)9-10-17-15(16-4-2)19-12-7-5-6-8-12;/h11-12H,3-10H2,1-2H3,(H2,16,17,19);1H. The summed E-state index contributed by atoms with van der Waals surface area (Å²) in [6.07, 6.45) is 9.24. The fraction of sp³-hybridized carbons (Fsp3) is 0.733. The van der Waals surface area contributed by atoms with Gasteiger partial charge in [-0.05, 0) is 26.2 Å². The van der Waals surface area contributed by atoms with Gasteiger partial charge in [0.1, 0.15) is 0 Å². The molecule has 1 aromatic heterocycles. The second-order valence-corrected chi connectivity index (χ2v) is 6.41. The summed E-state index contributed by atoms with van der Waals surface area (Å²) in [7, 11) is 0. The maximum Gasteiger partial charge on any atom is 0.191 e. The summed E-state index contributed by atoms with van der Waals surface area (Å²) in [5.41, 5.74) is 0. The average Bonchev–Trinajstić information content (AvgIpc) is 3.10. The minimum atomic E-state index is 0. The van der Waals surface area contributed by atoms with E-state index in [4.69, 9.17) is 0 Å². The molecule has 0 radical (unpaired) electrons. The molecule has 0 amide bonds. The summed E-state index contributed by atoms with van der Waals surface area (Å²) in [5, 5.41) is 8.07. The topological polar surface area (TPSA) is 49.3 Å². The Hall–Kier alpha value is -0.370. The van der Waals surface area contributed by atoms with Crippen LogP contribution in [0.5, 0.6) is 0 Å². The van der Waals surface area contributed by atoms with Crippen molar-refractivity contribution in [2.45, 2.75) is 58.4 Å². The Balaban J connectivity index is 0.00000220. The van der Waals surface area contributed by atoms with Crippen molar-refractivity contribution in [3.05, 3.63) is 16.1 Å². The van der Waals surface area contributed by atoms with Gasteiger partial charge < -0.3 is 10.6 Å². The summed E-state index contributed by atoms with van der Waals surface area (Å²) in [5.74, 6) is 0.965. The highest BCUT2D eigenvalue weighted by atomic mass is 127. The van der Waals surface area contributed by atoms with Gasteiger partial charge in [-0.1, -0.05) is 19.8 Å². The average molecular weight is 422 g/mol. The second-order valence-electron chi connectivity index (χ2n) is 5.21. The summed E-state index contributed by atoms with van der Waals surface area (Å²) in [6.45, 7) is 6.00. The smallest absolute Gasteiger partial charge is 0.191 e. The molecule has 1 heterocycles. The molecule has 1 aliphatic rings. The van der Waals surface area contributed by atoms with Crippen molar-refractivity contribution in [1.29, 1.82) is 0 Å². The van der Waals surface area contributed by atoms with E-state index >= 15 is 0 Å². The Morgan fingerprint density at radius 1 is 1.38 bits per heavy atom. The maximum absolute atomic E-state index is 4.67. The van der Waals surface area contributed by atoms with E-state index < -0.39 is 0 Å². The molecule has 1 aromatic rings. The molecule has 4 nitrogen and oxygen atoms in total. The molecule has 1 aliphatic carbocycles. The lowest BCUT2D eigenvalue weighted by Crippen LogP contribution is -2.42. The monoisotopic (exact) mass is 422 g/mol. The molecule has 0 aliphatic heterocycles. The number of aromatic nitrogens is 1. The zero-order valence-corrected chi connectivity index (χ0v) is 16.2. The van der Waals surface area contributed by atoms with Crippen LogP contribution in [0.3, 0.4) is 0 Å². The molecule has 2 N–H and O–H groups in total. The van der Waals surface area contributed by atoms with Crippen LogP contribution in [0.15, 0.2) is 11.2 Å². The van der Waals surface area contributed by atoms with E-state index in [0.29, 0.717) is 6.04 Å². The molecule has 0 spiro atoms. The van der Waals surface area contributed by atoms with Crippen LogP contribution >= 0.6 is 35.3 Å². The van der Waals surface area contributed by atoms with E-state index in [1.165, 1.54) is 35.6 Å². The summed E-state index contributed by atoms with van der Waals surface area (Å²) in [4.78, 5) is 10.5. The third-order valence-electron chi connectivity index (χ3n) is 3.59. The summed E-state index contributed by atoms with van der Waals surface area (Å²) >= 11 is 1.81. The first-order valence-electron chi connectivity index (χ1n) is 7.80. The molecule has 120 valence electrons. The van der Waals surface area contributed by atoms with E-state index in [-0.39, 0.29) is 24.0 Å². The van der Waals surface area contributed by atoms with Gasteiger partial charge in [-0.25, -0.2) is 4.98 Å². The van der Waals surface area contributed by atoms with Gasteiger partial charge in [0.25, 0.3) is 0 Å². The number of halogens is 1. The van der Waals surface area contributed by atoms with Gasteiger partial charge in [-0.15, -0.1) is 35.3 Å². The van der Waals surface area contributed by atoms with Gasteiger partial charge in [-0.3, -0.25) is 4.99 Å². The number of nitrogens with one attached hydrogen (secondary N) is 2. The highest BCUT2D eigenvalue weighted by Crippen LogP contribution is 2.17. The van der Waals surface area contributed by atoms with Crippen molar-refractivity contribution in [3.8, 4) is 0 Å². The lowest BCUT2D eigenvalue weighted by molar-refractivity contribution is 0.614. The van der Waals surface area contributed by atoms with Gasteiger partial charge in [0.15, 0.2) is 5.96 Å². The van der Waals surface area contributed by atoms with E-state index in [0.717, 1.165) is 31.9 Å². The largest absolute Gasteiger partial charge is 0.357 e. The highest BCUT2D eigenvalue weighted by molar-refractivity contribution is 14.0. The molecular weight excluding hydrogens is 395 g/mol. The SMILES string of the molecule is CCNC(=NCCc1ncc(CC)s1)NC1CCCC1.I. The molecule has 21 heavy (non-hydrogen) atoms. The number of nitrogens with zero attached hydrogens (tertiary/aromatic N) is 2. The van der Waals surface area contributed by atoms with Gasteiger partial charge in [0.2, 0.25) is 0 Å². The Morgan fingerprint density at radius 3 is 2.76 bits per heavy atom. The fourth-order valence-electron chi connectivity index (χ4n) is 2.47. The predicted octanol–water partition coefficient (Wildman–Crippen LogP) is 3.36. The zero-order valence-electron chi connectivity index (χ0n) is 13.0. The van der Waals surface area contributed by atoms with E-state index in [1.54, 1.807) is 0 Å². The van der Waals surface area contributed by atoms with Crippen molar-refractivity contribution in [3.63, 3.8) is 0 Å². The first kappa shape index (κ1) is 18.7. The van der Waals surface area contributed by atoms with Crippen LogP contribution in [0, 0.1) is 0 Å². The van der Waals surface area contributed by atoms with Crippen LogP contribution in [-0.2, 0) is 12.8 Å².